The number of para-hydroxylation sites is 1. The zero-order chi connectivity index (χ0) is 18.6. The van der Waals surface area contributed by atoms with E-state index >= 15 is 0 Å². The molecular formula is C19H23IN2O2S2. The van der Waals surface area contributed by atoms with Crippen LogP contribution in [0.3, 0.4) is 0 Å². The van der Waals surface area contributed by atoms with Gasteiger partial charge in [-0.1, -0.05) is 64.1 Å². The first-order valence-electron chi connectivity index (χ1n) is 8.32. The van der Waals surface area contributed by atoms with Crippen LogP contribution in [0.4, 0.5) is 0 Å². The SMILES string of the molecule is CN(I)CCSSCCNC(=O)c1ccccc1OCc1ccccc1. The van der Waals surface area contributed by atoms with Gasteiger partial charge in [0.05, 0.1) is 5.56 Å². The number of halogens is 1. The van der Waals surface area contributed by atoms with E-state index in [1.54, 1.807) is 16.9 Å². The van der Waals surface area contributed by atoms with Gasteiger partial charge in [-0.2, -0.15) is 0 Å². The Kier molecular flexibility index (Phi) is 10.3. The summed E-state index contributed by atoms with van der Waals surface area (Å²) in [5, 5.41) is 2.97. The lowest BCUT2D eigenvalue weighted by molar-refractivity contribution is 0.0951. The summed E-state index contributed by atoms with van der Waals surface area (Å²) < 4.78 is 7.99. The minimum Gasteiger partial charge on any atom is -0.488 e. The largest absolute Gasteiger partial charge is 0.488 e. The Bertz CT molecular complexity index is 672. The highest BCUT2D eigenvalue weighted by molar-refractivity contribution is 14.1. The van der Waals surface area contributed by atoms with E-state index in [1.807, 2.05) is 59.3 Å². The van der Waals surface area contributed by atoms with Gasteiger partial charge in [-0.15, -0.1) is 0 Å². The van der Waals surface area contributed by atoms with Crippen molar-refractivity contribution < 1.29 is 9.53 Å². The number of hydrogen-bond acceptors (Lipinski definition) is 5. The number of carbonyl (C=O) groups excluding carboxylic acids is 1. The molecule has 140 valence electrons. The number of rotatable bonds is 11. The van der Waals surface area contributed by atoms with Crippen molar-refractivity contribution in [1.82, 2.24) is 8.43 Å². The fraction of sp³-hybridized carbons (Fsp3) is 0.316. The summed E-state index contributed by atoms with van der Waals surface area (Å²) in [6.07, 6.45) is 0. The van der Waals surface area contributed by atoms with Crippen LogP contribution in [0.5, 0.6) is 5.75 Å². The normalized spacial score (nSPS) is 10.7. The third kappa shape index (κ3) is 8.20. The van der Waals surface area contributed by atoms with Gasteiger partial charge in [-0.05, 0) is 24.7 Å². The van der Waals surface area contributed by atoms with Crippen LogP contribution in [0.1, 0.15) is 15.9 Å². The van der Waals surface area contributed by atoms with E-state index < -0.39 is 0 Å². The molecule has 0 atom stereocenters. The molecule has 0 saturated heterocycles. The maximum absolute atomic E-state index is 12.4. The van der Waals surface area contributed by atoms with Crippen molar-refractivity contribution in [3.05, 3.63) is 65.7 Å². The molecule has 0 spiro atoms. The van der Waals surface area contributed by atoms with Gasteiger partial charge < -0.3 is 10.1 Å². The van der Waals surface area contributed by atoms with E-state index in [0.29, 0.717) is 24.5 Å². The van der Waals surface area contributed by atoms with Crippen LogP contribution in [-0.4, -0.2) is 40.7 Å². The van der Waals surface area contributed by atoms with Crippen molar-refractivity contribution in [2.75, 3.05) is 31.6 Å². The molecule has 7 heteroatoms. The van der Waals surface area contributed by atoms with Crippen LogP contribution in [-0.2, 0) is 6.61 Å². The van der Waals surface area contributed by atoms with Gasteiger partial charge in [0.15, 0.2) is 0 Å². The number of nitrogens with zero attached hydrogens (tertiary/aromatic N) is 1. The predicted molar refractivity (Wildman–Crippen MR) is 121 cm³/mol. The fourth-order valence-corrected chi connectivity index (χ4v) is 4.62. The highest BCUT2D eigenvalue weighted by Gasteiger charge is 2.11. The molecular weight excluding hydrogens is 479 g/mol. The lowest BCUT2D eigenvalue weighted by Crippen LogP contribution is -2.26. The highest BCUT2D eigenvalue weighted by Crippen LogP contribution is 2.21. The lowest BCUT2D eigenvalue weighted by atomic mass is 10.2. The molecule has 0 aliphatic heterocycles. The average molecular weight is 502 g/mol. The van der Waals surface area contributed by atoms with Crippen molar-refractivity contribution in [1.29, 1.82) is 0 Å². The molecule has 4 nitrogen and oxygen atoms in total. The van der Waals surface area contributed by atoms with Gasteiger partial charge in [0.2, 0.25) is 0 Å². The number of benzene rings is 2. The molecule has 1 amide bonds. The molecule has 0 unspecified atom stereocenters. The first kappa shape index (κ1) is 21.4. The zero-order valence-electron chi connectivity index (χ0n) is 14.7. The van der Waals surface area contributed by atoms with Crippen LogP contribution in [0.2, 0.25) is 0 Å². The van der Waals surface area contributed by atoms with Gasteiger partial charge in [0.25, 0.3) is 5.91 Å². The summed E-state index contributed by atoms with van der Waals surface area (Å²) >= 11 is 2.28. The average Bonchev–Trinajstić information content (AvgIpc) is 2.66. The van der Waals surface area contributed by atoms with E-state index in [0.717, 1.165) is 23.6 Å². The summed E-state index contributed by atoms with van der Waals surface area (Å²) in [6.45, 7) is 2.14. The molecule has 2 rings (SSSR count). The molecule has 0 aliphatic rings. The minimum absolute atomic E-state index is 0.0914. The molecule has 0 radical (unpaired) electrons. The maximum atomic E-state index is 12.4. The second-order valence-corrected chi connectivity index (χ2v) is 9.85. The molecule has 26 heavy (non-hydrogen) atoms. The van der Waals surface area contributed by atoms with Crippen molar-refractivity contribution in [2.24, 2.45) is 0 Å². The summed E-state index contributed by atoms with van der Waals surface area (Å²) in [4.78, 5) is 12.4. The van der Waals surface area contributed by atoms with E-state index in [4.69, 9.17) is 4.74 Å². The Morgan fingerprint density at radius 3 is 2.54 bits per heavy atom. The van der Waals surface area contributed by atoms with E-state index in [-0.39, 0.29) is 5.91 Å². The standard InChI is InChI=1S/C19H23IN2O2S2/c1-22(20)12-14-26-25-13-11-21-19(23)17-9-5-6-10-18(17)24-15-16-7-3-2-4-8-16/h2-10H,11-15H2,1H3,(H,21,23). The minimum atomic E-state index is -0.0914. The third-order valence-corrected chi connectivity index (χ3v) is 6.28. The zero-order valence-corrected chi connectivity index (χ0v) is 18.5. The number of hydrogen-bond donors (Lipinski definition) is 1. The molecule has 0 aromatic heterocycles. The van der Waals surface area contributed by atoms with Gasteiger partial charge in [0.1, 0.15) is 12.4 Å². The maximum Gasteiger partial charge on any atom is 0.255 e. The summed E-state index contributed by atoms with van der Waals surface area (Å²) in [7, 11) is 5.68. The van der Waals surface area contributed by atoms with Crippen LogP contribution in [0.25, 0.3) is 0 Å². The number of ether oxygens (including phenoxy) is 1. The first-order chi connectivity index (χ1) is 12.7. The van der Waals surface area contributed by atoms with Crippen LogP contribution in [0, 0.1) is 0 Å². The van der Waals surface area contributed by atoms with E-state index in [1.165, 1.54) is 0 Å². The number of carbonyl (C=O) groups is 1. The van der Waals surface area contributed by atoms with Crippen molar-refractivity contribution in [3.63, 3.8) is 0 Å². The second-order valence-electron chi connectivity index (χ2n) is 5.50. The molecule has 2 aromatic rings. The summed E-state index contributed by atoms with van der Waals surface area (Å²) in [5.74, 6) is 2.48. The fourth-order valence-electron chi connectivity index (χ4n) is 2.10. The highest BCUT2D eigenvalue weighted by atomic mass is 127. The Hall–Kier alpha value is -0.900. The van der Waals surface area contributed by atoms with Crippen LogP contribution >= 0.6 is 44.5 Å². The van der Waals surface area contributed by atoms with E-state index in [9.17, 15) is 4.79 Å². The van der Waals surface area contributed by atoms with Crippen molar-refractivity contribution >= 4 is 50.4 Å². The van der Waals surface area contributed by atoms with Gasteiger partial charge in [-0.3, -0.25) is 4.79 Å². The Morgan fingerprint density at radius 1 is 1.08 bits per heavy atom. The number of nitrogens with one attached hydrogen (secondary N) is 1. The summed E-state index contributed by atoms with van der Waals surface area (Å²) in [5.41, 5.74) is 1.65. The smallest absolute Gasteiger partial charge is 0.255 e. The Morgan fingerprint density at radius 2 is 1.77 bits per heavy atom. The molecule has 0 bridgehead atoms. The lowest BCUT2D eigenvalue weighted by Gasteiger charge is -2.12. The molecule has 0 saturated carbocycles. The molecule has 0 aliphatic carbocycles. The molecule has 0 fully saturated rings. The molecule has 2 aromatic carbocycles. The van der Waals surface area contributed by atoms with Gasteiger partial charge in [0, 0.05) is 47.5 Å². The third-order valence-electron chi connectivity index (χ3n) is 3.41. The first-order valence-corrected chi connectivity index (χ1v) is 11.8. The van der Waals surface area contributed by atoms with Crippen LogP contribution < -0.4 is 10.1 Å². The topological polar surface area (TPSA) is 41.6 Å². The predicted octanol–water partition coefficient (Wildman–Crippen LogP) is 4.66. The van der Waals surface area contributed by atoms with Gasteiger partial charge >= 0.3 is 0 Å². The second kappa shape index (κ2) is 12.5. The molecule has 1 N–H and O–H groups in total. The monoisotopic (exact) mass is 502 g/mol. The van der Waals surface area contributed by atoms with E-state index in [2.05, 4.69) is 38.3 Å². The summed E-state index contributed by atoms with van der Waals surface area (Å²) in [6, 6.07) is 17.3. The quantitative estimate of drug-likeness (QED) is 0.210. The number of amides is 1. The molecule has 0 heterocycles. The van der Waals surface area contributed by atoms with Gasteiger partial charge in [-0.25, -0.2) is 3.11 Å². The van der Waals surface area contributed by atoms with Crippen molar-refractivity contribution in [2.45, 2.75) is 6.61 Å². The Balaban J connectivity index is 1.76. The van der Waals surface area contributed by atoms with Crippen LogP contribution in [0.15, 0.2) is 54.6 Å². The Labute approximate surface area is 177 Å². The van der Waals surface area contributed by atoms with Crippen molar-refractivity contribution in [3.8, 4) is 5.75 Å².